The van der Waals surface area contributed by atoms with Gasteiger partial charge in [0.25, 0.3) is 0 Å². The highest BCUT2D eigenvalue weighted by Crippen LogP contribution is 2.40. The van der Waals surface area contributed by atoms with Gasteiger partial charge < -0.3 is 23.2 Å². The van der Waals surface area contributed by atoms with E-state index in [0.29, 0.717) is 6.04 Å². The third-order valence-electron chi connectivity index (χ3n) is 12.0. The van der Waals surface area contributed by atoms with E-state index in [1.807, 2.05) is 0 Å². The molecule has 5 nitrogen and oxygen atoms in total. The first-order valence-electron chi connectivity index (χ1n) is 19.5. The van der Waals surface area contributed by atoms with E-state index in [9.17, 15) is 0 Å². The zero-order valence-corrected chi connectivity index (χ0v) is 32.2. The SMILES string of the molecule is CCCCCCCCC(CCCCCCCC)n1c2ccc(B3OC(C)(C)C(C)(C)O3)cc2c2cc(B3OC(C)(C)C(C)(C)O3)ccc21. The lowest BCUT2D eigenvalue weighted by atomic mass is 9.77. The summed E-state index contributed by atoms with van der Waals surface area (Å²) in [6.45, 7) is 21.6. The van der Waals surface area contributed by atoms with Crippen LogP contribution in [0.3, 0.4) is 0 Å². The zero-order valence-electron chi connectivity index (χ0n) is 32.2. The number of hydrogen-bond acceptors (Lipinski definition) is 4. The number of unbranched alkanes of at least 4 members (excludes halogenated alkanes) is 10. The molecule has 0 unspecified atom stereocenters. The monoisotopic (exact) mass is 658 g/mol. The van der Waals surface area contributed by atoms with Crippen molar-refractivity contribution in [2.75, 3.05) is 0 Å². The van der Waals surface area contributed by atoms with Crippen LogP contribution in [0, 0.1) is 0 Å². The Hall–Kier alpha value is -1.79. The second-order valence-corrected chi connectivity index (χ2v) is 16.9. The van der Waals surface area contributed by atoms with E-state index in [-0.39, 0.29) is 22.4 Å². The van der Waals surface area contributed by atoms with Crippen molar-refractivity contribution in [2.24, 2.45) is 0 Å². The summed E-state index contributed by atoms with van der Waals surface area (Å²) in [5.74, 6) is 0. The van der Waals surface area contributed by atoms with Crippen molar-refractivity contribution in [3.63, 3.8) is 0 Å². The molecule has 2 fully saturated rings. The fourth-order valence-electron chi connectivity index (χ4n) is 7.46. The second-order valence-electron chi connectivity index (χ2n) is 16.9. The Labute approximate surface area is 293 Å². The molecule has 3 aromatic rings. The van der Waals surface area contributed by atoms with Crippen LogP contribution in [0.5, 0.6) is 0 Å². The Balaban J connectivity index is 1.54. The molecule has 0 N–H and O–H groups in total. The van der Waals surface area contributed by atoms with Crippen molar-refractivity contribution in [3.8, 4) is 0 Å². The van der Waals surface area contributed by atoms with Crippen molar-refractivity contribution in [1.82, 2.24) is 4.57 Å². The average molecular weight is 658 g/mol. The van der Waals surface area contributed by atoms with Crippen LogP contribution in [0.2, 0.25) is 0 Å². The molecule has 2 aliphatic rings. The van der Waals surface area contributed by atoms with Crippen LogP contribution in [-0.4, -0.2) is 41.2 Å². The molecule has 7 heteroatoms. The summed E-state index contributed by atoms with van der Waals surface area (Å²) in [5, 5.41) is 2.51. The number of rotatable bonds is 17. The normalized spacial score (nSPS) is 19.8. The highest BCUT2D eigenvalue weighted by molar-refractivity contribution is 6.63. The van der Waals surface area contributed by atoms with Crippen molar-refractivity contribution in [1.29, 1.82) is 0 Å². The van der Waals surface area contributed by atoms with E-state index in [4.69, 9.17) is 18.6 Å². The highest BCUT2D eigenvalue weighted by atomic mass is 16.7. The van der Waals surface area contributed by atoms with Gasteiger partial charge >= 0.3 is 14.2 Å². The second kappa shape index (κ2) is 15.2. The van der Waals surface area contributed by atoms with E-state index in [1.54, 1.807) is 0 Å². The number of aromatic nitrogens is 1. The topological polar surface area (TPSA) is 41.9 Å². The lowest BCUT2D eigenvalue weighted by Crippen LogP contribution is -2.41. The van der Waals surface area contributed by atoms with Crippen molar-refractivity contribution < 1.29 is 18.6 Å². The van der Waals surface area contributed by atoms with Gasteiger partial charge in [0.2, 0.25) is 0 Å². The van der Waals surface area contributed by atoms with Gasteiger partial charge in [0.05, 0.1) is 22.4 Å². The summed E-state index contributed by atoms with van der Waals surface area (Å²) in [6, 6.07) is 14.3. The van der Waals surface area contributed by atoms with Crippen LogP contribution in [0.4, 0.5) is 0 Å². The molecular weight excluding hydrogens is 592 g/mol. The maximum Gasteiger partial charge on any atom is 0.494 e. The third kappa shape index (κ3) is 7.90. The fraction of sp³-hybridized carbons (Fsp3) is 0.707. The van der Waals surface area contributed by atoms with Crippen LogP contribution in [-0.2, 0) is 18.6 Å². The van der Waals surface area contributed by atoms with Crippen LogP contribution >= 0.6 is 0 Å². The maximum absolute atomic E-state index is 6.53. The number of fused-ring (bicyclic) bond motifs is 3. The minimum Gasteiger partial charge on any atom is -0.399 e. The van der Waals surface area contributed by atoms with E-state index in [2.05, 4.69) is 110 Å². The average Bonchev–Trinajstić information content (AvgIpc) is 3.55. The minimum absolute atomic E-state index is 0.385. The molecule has 5 rings (SSSR count). The quantitative estimate of drug-likeness (QED) is 0.107. The molecule has 0 saturated carbocycles. The predicted octanol–water partition coefficient (Wildman–Crippen LogP) is 10.4. The van der Waals surface area contributed by atoms with Crippen LogP contribution in [0.25, 0.3) is 21.8 Å². The molecule has 2 saturated heterocycles. The molecule has 0 aliphatic carbocycles. The molecule has 0 spiro atoms. The number of hydrogen-bond donors (Lipinski definition) is 0. The summed E-state index contributed by atoms with van der Waals surface area (Å²) >= 11 is 0. The van der Waals surface area contributed by atoms with Gasteiger partial charge in [-0.05, 0) is 91.3 Å². The van der Waals surface area contributed by atoms with Gasteiger partial charge in [-0.2, -0.15) is 0 Å². The van der Waals surface area contributed by atoms with Crippen molar-refractivity contribution in [3.05, 3.63) is 36.4 Å². The first kappa shape index (κ1) is 37.5. The van der Waals surface area contributed by atoms with Gasteiger partial charge in [-0.1, -0.05) is 115 Å². The van der Waals surface area contributed by atoms with Crippen LogP contribution < -0.4 is 10.9 Å². The van der Waals surface area contributed by atoms with Gasteiger partial charge in [0.15, 0.2) is 0 Å². The molecule has 2 aliphatic heterocycles. The first-order chi connectivity index (χ1) is 22.7. The Morgan fingerprint density at radius 3 is 1.19 bits per heavy atom. The molecule has 3 heterocycles. The standard InChI is InChI=1S/C41H65B2NO4/c1-11-13-15-17-19-21-23-33(24-22-20-18-16-14-12-2)44-36-27-25-31(42-45-38(3,4)39(5,6)46-42)29-34(36)35-30-32(26-28-37(35)44)43-47-40(7,8)41(9,10)48-43/h25-30,33H,11-24H2,1-10H3. The van der Waals surface area contributed by atoms with E-state index in [0.717, 1.165) is 10.9 Å². The molecule has 2 aromatic carbocycles. The summed E-state index contributed by atoms with van der Waals surface area (Å²) < 4.78 is 28.8. The van der Waals surface area contributed by atoms with Gasteiger partial charge in [0, 0.05) is 27.8 Å². The van der Waals surface area contributed by atoms with Gasteiger partial charge in [-0.3, -0.25) is 0 Å². The predicted molar refractivity (Wildman–Crippen MR) is 206 cm³/mol. The Morgan fingerprint density at radius 1 is 0.500 bits per heavy atom. The van der Waals surface area contributed by atoms with Crippen molar-refractivity contribution >= 4 is 47.0 Å². The first-order valence-corrected chi connectivity index (χ1v) is 19.5. The zero-order chi connectivity index (χ0) is 34.7. The molecule has 264 valence electrons. The summed E-state index contributed by atoms with van der Waals surface area (Å²) in [4.78, 5) is 0. The molecular formula is C41H65B2NO4. The van der Waals surface area contributed by atoms with Gasteiger partial charge in [0.1, 0.15) is 0 Å². The van der Waals surface area contributed by atoms with Gasteiger partial charge in [-0.15, -0.1) is 0 Å². The summed E-state index contributed by atoms with van der Waals surface area (Å²) in [6.07, 6.45) is 18.4. The summed E-state index contributed by atoms with van der Waals surface area (Å²) in [5.41, 5.74) is 3.22. The maximum atomic E-state index is 6.53. The van der Waals surface area contributed by atoms with Crippen LogP contribution in [0.15, 0.2) is 36.4 Å². The molecule has 0 radical (unpaired) electrons. The summed E-state index contributed by atoms with van der Waals surface area (Å²) in [7, 11) is -0.794. The Morgan fingerprint density at radius 2 is 0.833 bits per heavy atom. The van der Waals surface area contributed by atoms with Crippen molar-refractivity contribution in [2.45, 2.75) is 188 Å². The largest absolute Gasteiger partial charge is 0.494 e. The minimum atomic E-state index is -0.397. The van der Waals surface area contributed by atoms with Gasteiger partial charge in [-0.25, -0.2) is 0 Å². The molecule has 1 aromatic heterocycles. The Kier molecular flexibility index (Phi) is 11.9. The number of nitrogens with zero attached hydrogens (tertiary/aromatic N) is 1. The fourth-order valence-corrected chi connectivity index (χ4v) is 7.46. The molecule has 48 heavy (non-hydrogen) atoms. The van der Waals surface area contributed by atoms with Crippen LogP contribution in [0.1, 0.15) is 165 Å². The molecule has 0 bridgehead atoms. The highest BCUT2D eigenvalue weighted by Gasteiger charge is 2.53. The molecule has 0 atom stereocenters. The van der Waals surface area contributed by atoms with E-state index >= 15 is 0 Å². The lowest BCUT2D eigenvalue weighted by molar-refractivity contribution is 0.00578. The third-order valence-corrected chi connectivity index (χ3v) is 12.0. The lowest BCUT2D eigenvalue weighted by Gasteiger charge is -2.32. The van der Waals surface area contributed by atoms with E-state index < -0.39 is 14.2 Å². The Bertz CT molecular complexity index is 1370. The smallest absolute Gasteiger partial charge is 0.399 e. The van der Waals surface area contributed by atoms with E-state index in [1.165, 1.54) is 112 Å². The molecule has 0 amide bonds. The number of benzene rings is 2.